The number of allylic oxidation sites excluding steroid dienone is 8. The minimum atomic E-state index is -0.687. The topological polar surface area (TPSA) is 9.86 Å². The molecule has 7 heteroatoms. The zero-order valence-electron chi connectivity index (χ0n) is 21.6. The van der Waals surface area contributed by atoms with Crippen LogP contribution in [0.4, 0.5) is 17.6 Å². The van der Waals surface area contributed by atoms with E-state index in [1.807, 2.05) is 12.1 Å². The fourth-order valence-electron chi connectivity index (χ4n) is 3.29. The van der Waals surface area contributed by atoms with Crippen molar-refractivity contribution < 1.29 is 39.3 Å². The third kappa shape index (κ3) is 10.6. The van der Waals surface area contributed by atoms with Crippen molar-refractivity contribution >= 4 is 0 Å². The van der Waals surface area contributed by atoms with Gasteiger partial charge in [-0.15, -0.1) is 49.2 Å². The Morgan fingerprint density at radius 1 is 0.590 bits per heavy atom. The van der Waals surface area contributed by atoms with Crippen LogP contribution in [0.5, 0.6) is 0 Å². The number of nitrogens with zero attached hydrogens (tertiary/aromatic N) is 2. The summed E-state index contributed by atoms with van der Waals surface area (Å²) in [5, 5.41) is 0. The van der Waals surface area contributed by atoms with Gasteiger partial charge in [0.15, 0.2) is 0 Å². The maximum Gasteiger partial charge on any atom is 4.00 e. The van der Waals surface area contributed by atoms with Crippen LogP contribution >= 0.6 is 0 Å². The van der Waals surface area contributed by atoms with E-state index in [9.17, 15) is 17.6 Å². The Kier molecular flexibility index (Phi) is 13.3. The maximum absolute atomic E-state index is 13.1. The molecule has 2 aliphatic rings. The zero-order chi connectivity index (χ0) is 27.3. The maximum atomic E-state index is 13.1. The van der Waals surface area contributed by atoms with Crippen molar-refractivity contribution in [1.29, 1.82) is 0 Å². The fourth-order valence-corrected chi connectivity index (χ4v) is 3.29. The summed E-state index contributed by atoms with van der Waals surface area (Å²) in [4.78, 5) is 0. The number of benzene rings is 2. The summed E-state index contributed by atoms with van der Waals surface area (Å²) in [6, 6.07) is 16.1. The van der Waals surface area contributed by atoms with E-state index < -0.39 is 23.3 Å². The quantitative estimate of drug-likeness (QED) is 0.132. The van der Waals surface area contributed by atoms with Crippen molar-refractivity contribution in [3.63, 3.8) is 0 Å². The number of rotatable bonds is 2. The van der Waals surface area contributed by atoms with Crippen molar-refractivity contribution in [3.05, 3.63) is 156 Å². The van der Waals surface area contributed by atoms with E-state index in [1.54, 1.807) is 58.2 Å². The molecule has 0 aliphatic heterocycles. The van der Waals surface area contributed by atoms with Crippen LogP contribution in [0.15, 0.2) is 109 Å². The fraction of sp³-hybridized carbons (Fsp3) is 0.125. The Morgan fingerprint density at radius 2 is 0.949 bits per heavy atom. The second kappa shape index (κ2) is 16.4. The van der Waals surface area contributed by atoms with Crippen molar-refractivity contribution in [2.24, 2.45) is 0 Å². The van der Waals surface area contributed by atoms with Gasteiger partial charge < -0.3 is 9.13 Å². The molecule has 6 rings (SSSR count). The third-order valence-electron chi connectivity index (χ3n) is 5.18. The molecule has 0 N–H and O–H groups in total. The summed E-state index contributed by atoms with van der Waals surface area (Å²) in [5.41, 5.74) is 3.14. The normalized spacial score (nSPS) is 12.6. The molecule has 0 radical (unpaired) electrons. The first-order valence-corrected chi connectivity index (χ1v) is 11.8. The number of hydrogen-bond donors (Lipinski definition) is 0. The van der Waals surface area contributed by atoms with E-state index in [2.05, 4.69) is 50.3 Å². The number of halogens is 4. The van der Waals surface area contributed by atoms with Crippen LogP contribution in [-0.4, -0.2) is 9.13 Å². The Balaban J connectivity index is 0.000000192. The first kappa shape index (κ1) is 31.6. The van der Waals surface area contributed by atoms with Crippen molar-refractivity contribution in [1.82, 2.24) is 9.13 Å². The molecule has 196 valence electrons. The Bertz CT molecular complexity index is 1300. The molecule has 39 heavy (non-hydrogen) atoms. The Labute approximate surface area is 242 Å². The van der Waals surface area contributed by atoms with Gasteiger partial charge >= 0.3 is 21.7 Å². The first-order chi connectivity index (χ1) is 18.3. The van der Waals surface area contributed by atoms with E-state index in [-0.39, 0.29) is 21.7 Å². The van der Waals surface area contributed by atoms with Crippen LogP contribution in [0, 0.1) is 47.6 Å². The molecule has 0 bridgehead atoms. The first-order valence-electron chi connectivity index (χ1n) is 11.8. The molecular formula is C32H26F4N2Ti. The monoisotopic (exact) mass is 562 g/mol. The second-order valence-electron chi connectivity index (χ2n) is 8.12. The Hall–Kier alpha value is -3.61. The number of aromatic nitrogens is 2. The summed E-state index contributed by atoms with van der Waals surface area (Å²) >= 11 is 0. The largest absolute Gasteiger partial charge is 4.00 e. The van der Waals surface area contributed by atoms with Gasteiger partial charge in [0.25, 0.3) is 0 Å². The van der Waals surface area contributed by atoms with E-state index in [4.69, 9.17) is 0 Å². The minimum absolute atomic E-state index is 0. The summed E-state index contributed by atoms with van der Waals surface area (Å²) in [5.74, 6) is -2.74. The van der Waals surface area contributed by atoms with Crippen molar-refractivity contribution in [3.8, 4) is 11.4 Å². The molecule has 0 saturated carbocycles. The second-order valence-corrected chi connectivity index (χ2v) is 8.12. The molecule has 0 amide bonds. The van der Waals surface area contributed by atoms with Gasteiger partial charge in [0.2, 0.25) is 0 Å². The van der Waals surface area contributed by atoms with Gasteiger partial charge in [0.05, 0.1) is 0 Å². The molecule has 0 unspecified atom stereocenters. The van der Waals surface area contributed by atoms with Crippen LogP contribution < -0.4 is 0 Å². The average molecular weight is 562 g/mol. The predicted octanol–water partition coefficient (Wildman–Crippen LogP) is 8.50. The molecule has 2 aromatic carbocycles. The van der Waals surface area contributed by atoms with Crippen LogP contribution in [-0.2, 0) is 21.7 Å². The van der Waals surface area contributed by atoms with Gasteiger partial charge in [0, 0.05) is 23.3 Å². The van der Waals surface area contributed by atoms with Gasteiger partial charge in [-0.05, 0) is 60.4 Å². The van der Waals surface area contributed by atoms with Gasteiger partial charge in [-0.25, -0.2) is 40.9 Å². The molecule has 0 spiro atoms. The summed E-state index contributed by atoms with van der Waals surface area (Å²) in [6.07, 6.45) is 23.4. The van der Waals surface area contributed by atoms with Crippen molar-refractivity contribution in [2.45, 2.75) is 26.7 Å². The van der Waals surface area contributed by atoms with Crippen LogP contribution in [0.25, 0.3) is 11.4 Å². The summed E-state index contributed by atoms with van der Waals surface area (Å²) < 4.78 is 54.3. The zero-order valence-corrected chi connectivity index (χ0v) is 23.1. The molecule has 2 nitrogen and oxygen atoms in total. The summed E-state index contributed by atoms with van der Waals surface area (Å²) in [6.45, 7) is 4.12. The molecule has 2 heterocycles. The third-order valence-corrected chi connectivity index (χ3v) is 5.18. The van der Waals surface area contributed by atoms with E-state index >= 15 is 0 Å². The Morgan fingerprint density at radius 3 is 1.18 bits per heavy atom. The van der Waals surface area contributed by atoms with E-state index in [0.29, 0.717) is 11.4 Å². The molecule has 0 saturated heterocycles. The SMILES string of the molecule is CC1=[C-]CC=C1.CC1=[C-]CC=C1.Fc1[c-]c(F)c(-n2cccc2)cc1.Fc1[c-]c(F)c(-n2cccc2)cc1.[Ti+4]. The molecule has 4 aromatic rings. The smallest absolute Gasteiger partial charge is 0.375 e. The average Bonchev–Trinajstić information content (AvgIpc) is 3.70. The summed E-state index contributed by atoms with van der Waals surface area (Å²) in [7, 11) is 0. The standard InChI is InChI=1S/2C10H6F2N.2C6H7.Ti/c2*11-8-3-4-10(9(12)7-8)13-5-1-2-6-13;2*1-6-4-2-3-5-6;/h2*1-6H;2*2,4H,3H2,1H3;/q4*-1;+4. The van der Waals surface area contributed by atoms with Crippen molar-refractivity contribution in [2.75, 3.05) is 0 Å². The minimum Gasteiger partial charge on any atom is -0.375 e. The van der Waals surface area contributed by atoms with Crippen LogP contribution in [0.1, 0.15) is 26.7 Å². The molecule has 2 aromatic heterocycles. The predicted molar refractivity (Wildman–Crippen MR) is 141 cm³/mol. The molecule has 0 atom stereocenters. The van der Waals surface area contributed by atoms with Gasteiger partial charge in [-0.1, -0.05) is 13.8 Å². The van der Waals surface area contributed by atoms with E-state index in [0.717, 1.165) is 12.8 Å². The van der Waals surface area contributed by atoms with Gasteiger partial charge in [-0.2, -0.15) is 12.2 Å². The molecular weight excluding hydrogens is 536 g/mol. The van der Waals surface area contributed by atoms with Crippen LogP contribution in [0.2, 0.25) is 0 Å². The molecule has 0 fully saturated rings. The van der Waals surface area contributed by atoms with Gasteiger partial charge in [-0.3, -0.25) is 12.2 Å². The van der Waals surface area contributed by atoms with Gasteiger partial charge in [0.1, 0.15) is 0 Å². The number of hydrogen-bond acceptors (Lipinski definition) is 0. The van der Waals surface area contributed by atoms with E-state index in [1.165, 1.54) is 35.4 Å². The van der Waals surface area contributed by atoms with Crippen LogP contribution in [0.3, 0.4) is 0 Å². The molecule has 2 aliphatic carbocycles.